The molecule has 86 valence electrons. The van der Waals surface area contributed by atoms with Crippen LogP contribution in [-0.2, 0) is 6.54 Å². The fraction of sp³-hybridized carbons (Fsp3) is 0.167. The summed E-state index contributed by atoms with van der Waals surface area (Å²) in [5.41, 5.74) is 2.17. The number of amides is 1. The molecule has 0 aliphatic rings. The molecule has 17 heavy (non-hydrogen) atoms. The number of aryl methyl sites for hydroxylation is 1. The van der Waals surface area contributed by atoms with Gasteiger partial charge in [0, 0.05) is 24.2 Å². The van der Waals surface area contributed by atoms with Crippen molar-refractivity contribution in [3.8, 4) is 0 Å². The number of nitrogens with one attached hydrogen (secondary N) is 1. The van der Waals surface area contributed by atoms with Gasteiger partial charge in [0.05, 0.1) is 24.1 Å². The van der Waals surface area contributed by atoms with E-state index in [-0.39, 0.29) is 5.91 Å². The van der Waals surface area contributed by atoms with Gasteiger partial charge in [0.2, 0.25) is 0 Å². The van der Waals surface area contributed by atoms with Crippen molar-refractivity contribution in [1.29, 1.82) is 0 Å². The van der Waals surface area contributed by atoms with Crippen LogP contribution in [0, 0.1) is 6.92 Å². The van der Waals surface area contributed by atoms with Gasteiger partial charge in [-0.05, 0) is 19.1 Å². The number of hydrogen-bond donors (Lipinski definition) is 1. The van der Waals surface area contributed by atoms with Gasteiger partial charge in [-0.2, -0.15) is 0 Å². The van der Waals surface area contributed by atoms with Crippen LogP contribution in [0.2, 0.25) is 0 Å². The second-order valence-corrected chi connectivity index (χ2v) is 3.57. The van der Waals surface area contributed by atoms with Crippen LogP contribution < -0.4 is 5.32 Å². The van der Waals surface area contributed by atoms with Gasteiger partial charge < -0.3 is 5.32 Å². The molecule has 0 radical (unpaired) electrons. The molecule has 2 aromatic rings. The minimum atomic E-state index is -0.144. The van der Waals surface area contributed by atoms with Crippen LogP contribution in [-0.4, -0.2) is 20.9 Å². The zero-order valence-corrected chi connectivity index (χ0v) is 9.42. The summed E-state index contributed by atoms with van der Waals surface area (Å²) in [4.78, 5) is 23.8. The Morgan fingerprint density at radius 1 is 1.24 bits per heavy atom. The Morgan fingerprint density at radius 2 is 2.00 bits per heavy atom. The number of carbonyl (C=O) groups excluding carboxylic acids is 1. The molecule has 0 unspecified atom stereocenters. The molecular weight excluding hydrogens is 216 g/mol. The lowest BCUT2D eigenvalue weighted by Gasteiger charge is -2.04. The standard InChI is InChI=1S/C12H12N4O/c1-9-6-15-11(7-14-9)8-16-12(17)10-2-4-13-5-3-10/h2-7H,8H2,1H3,(H,16,17). The van der Waals surface area contributed by atoms with Crippen molar-refractivity contribution in [2.75, 3.05) is 0 Å². The zero-order valence-electron chi connectivity index (χ0n) is 9.42. The summed E-state index contributed by atoms with van der Waals surface area (Å²) in [6.07, 6.45) is 6.50. The molecule has 0 aromatic carbocycles. The van der Waals surface area contributed by atoms with Gasteiger partial charge in [-0.1, -0.05) is 0 Å². The van der Waals surface area contributed by atoms with Crippen molar-refractivity contribution >= 4 is 5.91 Å². The lowest BCUT2D eigenvalue weighted by atomic mass is 10.2. The summed E-state index contributed by atoms with van der Waals surface area (Å²) in [5.74, 6) is -0.144. The molecular formula is C12H12N4O. The van der Waals surface area contributed by atoms with Gasteiger partial charge in [-0.25, -0.2) is 0 Å². The molecule has 2 rings (SSSR count). The number of aromatic nitrogens is 3. The highest BCUT2D eigenvalue weighted by Gasteiger charge is 2.04. The number of pyridine rings is 1. The Balaban J connectivity index is 1.95. The van der Waals surface area contributed by atoms with E-state index < -0.39 is 0 Å². The summed E-state index contributed by atoms with van der Waals surface area (Å²) >= 11 is 0. The molecule has 0 atom stereocenters. The van der Waals surface area contributed by atoms with E-state index in [1.165, 1.54) is 0 Å². The first-order valence-corrected chi connectivity index (χ1v) is 5.21. The minimum absolute atomic E-state index is 0.144. The van der Waals surface area contributed by atoms with Crippen LogP contribution in [0.15, 0.2) is 36.9 Å². The first-order chi connectivity index (χ1) is 8.25. The molecule has 1 N–H and O–H groups in total. The number of hydrogen-bond acceptors (Lipinski definition) is 4. The minimum Gasteiger partial charge on any atom is -0.346 e. The van der Waals surface area contributed by atoms with Crippen molar-refractivity contribution < 1.29 is 4.79 Å². The van der Waals surface area contributed by atoms with E-state index in [1.807, 2.05) is 6.92 Å². The molecule has 5 nitrogen and oxygen atoms in total. The molecule has 5 heteroatoms. The lowest BCUT2D eigenvalue weighted by molar-refractivity contribution is 0.0950. The molecule has 0 bridgehead atoms. The average molecular weight is 228 g/mol. The van der Waals surface area contributed by atoms with Crippen molar-refractivity contribution in [2.24, 2.45) is 0 Å². The molecule has 0 spiro atoms. The van der Waals surface area contributed by atoms with E-state index in [4.69, 9.17) is 0 Å². The Kier molecular flexibility index (Phi) is 3.40. The zero-order chi connectivity index (χ0) is 12.1. The van der Waals surface area contributed by atoms with Crippen molar-refractivity contribution in [1.82, 2.24) is 20.3 Å². The number of carbonyl (C=O) groups is 1. The van der Waals surface area contributed by atoms with Crippen molar-refractivity contribution in [2.45, 2.75) is 13.5 Å². The molecule has 0 saturated heterocycles. The highest BCUT2D eigenvalue weighted by molar-refractivity contribution is 5.93. The first-order valence-electron chi connectivity index (χ1n) is 5.21. The Bertz CT molecular complexity index is 496. The second-order valence-electron chi connectivity index (χ2n) is 3.57. The van der Waals surface area contributed by atoms with Crippen LogP contribution in [0.5, 0.6) is 0 Å². The maximum absolute atomic E-state index is 11.7. The van der Waals surface area contributed by atoms with Crippen LogP contribution >= 0.6 is 0 Å². The van der Waals surface area contributed by atoms with E-state index in [2.05, 4.69) is 20.3 Å². The van der Waals surface area contributed by atoms with Crippen LogP contribution in [0.3, 0.4) is 0 Å². The Hall–Kier alpha value is -2.30. The fourth-order valence-corrected chi connectivity index (χ4v) is 1.29. The first kappa shape index (κ1) is 11.2. The van der Waals surface area contributed by atoms with Crippen LogP contribution in [0.25, 0.3) is 0 Å². The molecule has 0 fully saturated rings. The third kappa shape index (κ3) is 3.07. The fourth-order valence-electron chi connectivity index (χ4n) is 1.29. The number of nitrogens with zero attached hydrogens (tertiary/aromatic N) is 3. The van der Waals surface area contributed by atoms with Gasteiger partial charge in [-0.15, -0.1) is 0 Å². The highest BCUT2D eigenvalue weighted by atomic mass is 16.1. The monoisotopic (exact) mass is 228 g/mol. The molecule has 2 aromatic heterocycles. The third-order valence-electron chi connectivity index (χ3n) is 2.21. The molecule has 1 amide bonds. The maximum atomic E-state index is 11.7. The largest absolute Gasteiger partial charge is 0.346 e. The average Bonchev–Trinajstić information content (AvgIpc) is 2.39. The number of rotatable bonds is 3. The second kappa shape index (κ2) is 5.16. The smallest absolute Gasteiger partial charge is 0.251 e. The summed E-state index contributed by atoms with van der Waals surface area (Å²) in [6, 6.07) is 3.33. The third-order valence-corrected chi connectivity index (χ3v) is 2.21. The maximum Gasteiger partial charge on any atom is 0.251 e. The van der Waals surface area contributed by atoms with E-state index in [0.29, 0.717) is 12.1 Å². The molecule has 2 heterocycles. The summed E-state index contributed by atoms with van der Waals surface area (Å²) in [6.45, 7) is 2.24. The molecule has 0 aliphatic carbocycles. The SMILES string of the molecule is Cc1cnc(CNC(=O)c2ccncc2)cn1. The summed E-state index contributed by atoms with van der Waals surface area (Å²) < 4.78 is 0. The van der Waals surface area contributed by atoms with E-state index in [1.54, 1.807) is 36.9 Å². The lowest BCUT2D eigenvalue weighted by Crippen LogP contribution is -2.23. The Labute approximate surface area is 99.0 Å². The van der Waals surface area contributed by atoms with E-state index in [0.717, 1.165) is 11.4 Å². The topological polar surface area (TPSA) is 67.8 Å². The van der Waals surface area contributed by atoms with Crippen molar-refractivity contribution in [3.63, 3.8) is 0 Å². The van der Waals surface area contributed by atoms with Gasteiger partial charge >= 0.3 is 0 Å². The predicted molar refractivity (Wildman–Crippen MR) is 62.2 cm³/mol. The van der Waals surface area contributed by atoms with Gasteiger partial charge in [0.25, 0.3) is 5.91 Å². The van der Waals surface area contributed by atoms with Crippen LogP contribution in [0.1, 0.15) is 21.7 Å². The van der Waals surface area contributed by atoms with E-state index in [9.17, 15) is 4.79 Å². The molecule has 0 aliphatic heterocycles. The van der Waals surface area contributed by atoms with Gasteiger partial charge in [0.1, 0.15) is 0 Å². The normalized spacial score (nSPS) is 9.94. The summed E-state index contributed by atoms with van der Waals surface area (Å²) in [7, 11) is 0. The molecule has 0 saturated carbocycles. The highest BCUT2D eigenvalue weighted by Crippen LogP contribution is 1.98. The predicted octanol–water partition coefficient (Wildman–Crippen LogP) is 1.11. The summed E-state index contributed by atoms with van der Waals surface area (Å²) in [5, 5.41) is 2.77. The van der Waals surface area contributed by atoms with Crippen LogP contribution in [0.4, 0.5) is 0 Å². The quantitative estimate of drug-likeness (QED) is 0.854. The van der Waals surface area contributed by atoms with Gasteiger partial charge in [0.15, 0.2) is 0 Å². The Morgan fingerprint density at radius 3 is 2.65 bits per heavy atom. The van der Waals surface area contributed by atoms with Gasteiger partial charge in [-0.3, -0.25) is 19.7 Å². The van der Waals surface area contributed by atoms with Crippen molar-refractivity contribution in [3.05, 3.63) is 53.9 Å². The van der Waals surface area contributed by atoms with E-state index >= 15 is 0 Å².